The average Bonchev–Trinajstić information content (AvgIpc) is 4.00. The molecule has 0 spiro atoms. The minimum absolute atomic E-state index is 0.109. The molecule has 2 aromatic carbocycles. The van der Waals surface area contributed by atoms with E-state index in [-0.39, 0.29) is 48.2 Å². The van der Waals surface area contributed by atoms with Gasteiger partial charge < -0.3 is 30.7 Å². The number of likely N-dealkylation sites (N-methyl/N-ethyl adjacent to an activating group) is 1. The number of likely N-dealkylation sites (tertiary alicyclic amines) is 1. The van der Waals surface area contributed by atoms with E-state index in [1.54, 1.807) is 19.2 Å². The number of benzene rings is 2. The maximum Gasteiger partial charge on any atom is 0.309 e. The van der Waals surface area contributed by atoms with E-state index in [1.165, 1.54) is 18.3 Å². The Morgan fingerprint density at radius 2 is 1.71 bits per heavy atom. The number of anilines is 1. The highest BCUT2D eigenvalue weighted by Crippen LogP contribution is 2.33. The lowest BCUT2D eigenvalue weighted by Crippen LogP contribution is -2.59. The SMILES string of the molecule is CC[C@H](C)[C@H](NC(=O)[C@H]1CCCCN1C)C(=O)N(CCCCc1cn(Cc2ccccc2)nn1)[C@H](C[C@@H](OC(C)=O)c1nc(C(=O)N[C@@H](Cc2ccc(NC)cc2)CC(C)(C)C(=O)O)cs1)C(C)C. The predicted molar refractivity (Wildman–Crippen MR) is 269 cm³/mol. The number of carboxylic acids is 1. The molecular weight excluding hydrogens is 895 g/mol. The highest BCUT2D eigenvalue weighted by molar-refractivity contribution is 7.09. The number of nitrogens with zero attached hydrogens (tertiary/aromatic N) is 6. The van der Waals surface area contributed by atoms with Gasteiger partial charge in [-0.3, -0.25) is 28.9 Å². The van der Waals surface area contributed by atoms with E-state index in [4.69, 9.17) is 9.72 Å². The molecule has 6 atom stereocenters. The quantitative estimate of drug-likeness (QED) is 0.0356. The number of nitrogens with one attached hydrogen (secondary N) is 3. The highest BCUT2D eigenvalue weighted by atomic mass is 32.1. The van der Waals surface area contributed by atoms with Gasteiger partial charge in [0.15, 0.2) is 6.10 Å². The summed E-state index contributed by atoms with van der Waals surface area (Å²) >= 11 is 1.19. The number of aromatic nitrogens is 4. The van der Waals surface area contributed by atoms with Crippen LogP contribution in [0.2, 0.25) is 0 Å². The molecule has 376 valence electrons. The number of amides is 3. The van der Waals surface area contributed by atoms with E-state index in [1.807, 2.05) is 112 Å². The number of esters is 1. The molecule has 3 heterocycles. The van der Waals surface area contributed by atoms with Crippen LogP contribution in [0.1, 0.15) is 138 Å². The van der Waals surface area contributed by atoms with Gasteiger partial charge in [0.1, 0.15) is 16.7 Å². The van der Waals surface area contributed by atoms with Crippen molar-refractivity contribution < 1.29 is 33.8 Å². The summed E-state index contributed by atoms with van der Waals surface area (Å²) in [7, 11) is 3.78. The third-order valence-electron chi connectivity index (χ3n) is 13.3. The van der Waals surface area contributed by atoms with Crippen LogP contribution in [0.15, 0.2) is 66.2 Å². The smallest absolute Gasteiger partial charge is 0.309 e. The second-order valence-electron chi connectivity index (χ2n) is 19.7. The van der Waals surface area contributed by atoms with Crippen molar-refractivity contribution in [1.29, 1.82) is 0 Å². The molecule has 4 aromatic rings. The van der Waals surface area contributed by atoms with Crippen molar-refractivity contribution in [3.05, 3.63) is 93.7 Å². The Bertz CT molecular complexity index is 2280. The fourth-order valence-corrected chi connectivity index (χ4v) is 9.83. The standard InChI is InChI=1S/C52H75N9O7S/c1-10-35(4)46(56-48(64)43-21-15-16-26-59(43)9)50(65)61(27-17-14-20-40-32-60(58-57-40)31-38-18-12-11-13-19-38)44(34(2)3)29-45(68-36(5)62)49-55-42(33-69-49)47(63)54-41(30-52(6,7)51(66)67)28-37-22-24-39(53-8)25-23-37/h11-13,18-19,22-25,32-35,41,43-46,53H,10,14-17,20-21,26-31H2,1-9H3,(H,54,63)(H,56,64)(H,66,67)/t35-,41-,43+,44+,45+,46-/m0/s1. The predicted octanol–water partition coefficient (Wildman–Crippen LogP) is 7.55. The van der Waals surface area contributed by atoms with Crippen LogP contribution in [0, 0.1) is 17.3 Å². The van der Waals surface area contributed by atoms with E-state index in [0.29, 0.717) is 43.8 Å². The van der Waals surface area contributed by atoms with Gasteiger partial charge in [-0.15, -0.1) is 16.4 Å². The molecule has 0 radical (unpaired) electrons. The zero-order chi connectivity index (χ0) is 50.3. The van der Waals surface area contributed by atoms with Crippen LogP contribution in [0.4, 0.5) is 5.69 Å². The van der Waals surface area contributed by atoms with Crippen LogP contribution in [0.3, 0.4) is 0 Å². The number of thiazole rings is 1. The molecule has 3 amide bonds. The second-order valence-corrected chi connectivity index (χ2v) is 20.6. The molecule has 16 nitrogen and oxygen atoms in total. The van der Waals surface area contributed by atoms with Gasteiger partial charge in [0.2, 0.25) is 11.8 Å². The van der Waals surface area contributed by atoms with Crippen LogP contribution in [0.25, 0.3) is 0 Å². The molecule has 69 heavy (non-hydrogen) atoms. The van der Waals surface area contributed by atoms with Gasteiger partial charge in [-0.05, 0) is 107 Å². The zero-order valence-electron chi connectivity index (χ0n) is 42.1. The molecule has 2 aromatic heterocycles. The maximum atomic E-state index is 15.2. The van der Waals surface area contributed by atoms with Gasteiger partial charge in [-0.2, -0.15) is 0 Å². The lowest BCUT2D eigenvalue weighted by atomic mass is 9.84. The van der Waals surface area contributed by atoms with Crippen molar-refractivity contribution in [2.24, 2.45) is 17.3 Å². The fourth-order valence-electron chi connectivity index (χ4n) is 8.99. The third-order valence-corrected chi connectivity index (χ3v) is 14.3. The lowest BCUT2D eigenvalue weighted by molar-refractivity contribution is -0.150. The molecule has 5 rings (SSSR count). The van der Waals surface area contributed by atoms with Crippen molar-refractivity contribution in [3.63, 3.8) is 0 Å². The van der Waals surface area contributed by atoms with Crippen molar-refractivity contribution in [2.75, 3.05) is 32.5 Å². The van der Waals surface area contributed by atoms with Gasteiger partial charge in [0.05, 0.1) is 23.7 Å². The second kappa shape index (κ2) is 25.8. The van der Waals surface area contributed by atoms with Crippen molar-refractivity contribution in [2.45, 2.75) is 149 Å². The van der Waals surface area contributed by atoms with Crippen LogP contribution in [-0.2, 0) is 43.3 Å². The number of ether oxygens (including phenoxy) is 1. The molecule has 0 saturated carbocycles. The monoisotopic (exact) mass is 970 g/mol. The van der Waals surface area contributed by atoms with Crippen molar-refractivity contribution >= 4 is 46.7 Å². The van der Waals surface area contributed by atoms with Gasteiger partial charge in [0.25, 0.3) is 5.91 Å². The Balaban J connectivity index is 1.40. The topological polar surface area (TPSA) is 201 Å². The summed E-state index contributed by atoms with van der Waals surface area (Å²) in [5, 5.41) is 30.1. The molecule has 1 fully saturated rings. The largest absolute Gasteiger partial charge is 0.481 e. The molecule has 17 heteroatoms. The number of hydrogen-bond acceptors (Lipinski definition) is 12. The summed E-state index contributed by atoms with van der Waals surface area (Å²) < 4.78 is 7.82. The summed E-state index contributed by atoms with van der Waals surface area (Å²) in [4.78, 5) is 76.9. The number of carboxylic acid groups (broad SMARTS) is 1. The van der Waals surface area contributed by atoms with Gasteiger partial charge >= 0.3 is 11.9 Å². The van der Waals surface area contributed by atoms with Crippen LogP contribution < -0.4 is 16.0 Å². The molecule has 4 N–H and O–H groups in total. The van der Waals surface area contributed by atoms with Crippen LogP contribution in [-0.4, -0.2) is 116 Å². The first-order valence-corrected chi connectivity index (χ1v) is 25.4. The number of piperidine rings is 1. The Labute approximate surface area is 412 Å². The van der Waals surface area contributed by atoms with E-state index >= 15 is 4.79 Å². The molecule has 0 unspecified atom stereocenters. The minimum Gasteiger partial charge on any atom is -0.481 e. The molecule has 0 bridgehead atoms. The number of carbonyl (C=O) groups excluding carboxylic acids is 4. The number of aliphatic carboxylic acids is 1. The van der Waals surface area contributed by atoms with Crippen molar-refractivity contribution in [1.82, 2.24) is 40.4 Å². The summed E-state index contributed by atoms with van der Waals surface area (Å²) in [6.45, 7) is 14.5. The van der Waals surface area contributed by atoms with E-state index < -0.39 is 47.5 Å². The van der Waals surface area contributed by atoms with Gasteiger partial charge in [0, 0.05) is 56.3 Å². The first-order chi connectivity index (χ1) is 32.9. The number of aryl methyl sites for hydroxylation is 1. The molecule has 0 aliphatic carbocycles. The number of carbonyl (C=O) groups is 5. The number of rotatable bonds is 26. The Morgan fingerprint density at radius 1 is 0.986 bits per heavy atom. The molecule has 1 saturated heterocycles. The summed E-state index contributed by atoms with van der Waals surface area (Å²) in [6.07, 6.45) is 7.15. The van der Waals surface area contributed by atoms with Crippen LogP contribution in [0.5, 0.6) is 0 Å². The number of hydrogen-bond donors (Lipinski definition) is 4. The lowest BCUT2D eigenvalue weighted by Gasteiger charge is -2.40. The van der Waals surface area contributed by atoms with Crippen molar-refractivity contribution in [3.8, 4) is 0 Å². The Morgan fingerprint density at radius 3 is 2.35 bits per heavy atom. The van der Waals surface area contributed by atoms with Gasteiger partial charge in [-0.1, -0.05) is 88.2 Å². The normalized spacial score (nSPS) is 16.5. The first-order valence-electron chi connectivity index (χ1n) is 24.6. The first kappa shape index (κ1) is 54.3. The van der Waals surface area contributed by atoms with Crippen LogP contribution >= 0.6 is 11.3 Å². The molecule has 1 aliphatic rings. The Kier molecular flexibility index (Phi) is 20.3. The maximum absolute atomic E-state index is 15.2. The van der Waals surface area contributed by atoms with E-state index in [0.717, 1.165) is 54.7 Å². The minimum atomic E-state index is -1.13. The van der Waals surface area contributed by atoms with E-state index in [2.05, 4.69) is 31.2 Å². The number of unbranched alkanes of at least 4 members (excludes halogenated alkanes) is 1. The van der Waals surface area contributed by atoms with E-state index in [9.17, 15) is 24.3 Å². The third kappa shape index (κ3) is 15.9. The summed E-state index contributed by atoms with van der Waals surface area (Å²) in [6, 6.07) is 15.7. The Hall–Kier alpha value is -5.68. The molecule has 1 aliphatic heterocycles. The average molecular weight is 970 g/mol. The summed E-state index contributed by atoms with van der Waals surface area (Å²) in [5.41, 5.74) is 2.81. The highest BCUT2D eigenvalue weighted by Gasteiger charge is 2.39. The fraction of sp³-hybridized carbons (Fsp3) is 0.577. The molecular formula is C52H75N9O7S. The van der Waals surface area contributed by atoms with Gasteiger partial charge in [-0.25, -0.2) is 9.67 Å². The zero-order valence-corrected chi connectivity index (χ0v) is 42.9. The summed E-state index contributed by atoms with van der Waals surface area (Å²) in [5.74, 6) is -2.63.